The number of anilines is 2. The van der Waals surface area contributed by atoms with E-state index < -0.39 is 5.97 Å². The predicted octanol–water partition coefficient (Wildman–Crippen LogP) is 3.93. The van der Waals surface area contributed by atoms with Gasteiger partial charge in [-0.05, 0) is 44.5 Å². The Morgan fingerprint density at radius 2 is 2.04 bits per heavy atom. The van der Waals surface area contributed by atoms with Gasteiger partial charge in [-0.15, -0.1) is 11.3 Å². The number of aryl methyl sites for hydroxylation is 2. The topological polar surface area (TPSA) is 101 Å². The van der Waals surface area contributed by atoms with Crippen molar-refractivity contribution in [2.45, 2.75) is 20.8 Å². The standard InChI is InChI=1S/C18H17N3O4S/c1-4-25-18(24)14-9(2)13-15(19-10(3)20-16(13)26-14)21-12-7-5-6-11(8-12)17(22)23/h5-8H,4H2,1-3H3,(H,22,23)(H,19,20,21). The van der Waals surface area contributed by atoms with E-state index in [2.05, 4.69) is 15.3 Å². The smallest absolute Gasteiger partial charge is 0.348 e. The van der Waals surface area contributed by atoms with E-state index in [1.54, 1.807) is 26.0 Å². The number of carboxylic acids is 1. The number of carboxylic acid groups (broad SMARTS) is 1. The van der Waals surface area contributed by atoms with Crippen LogP contribution in [-0.4, -0.2) is 33.6 Å². The molecular formula is C18H17N3O4S. The maximum Gasteiger partial charge on any atom is 0.348 e. The van der Waals surface area contributed by atoms with E-state index in [1.165, 1.54) is 23.5 Å². The molecule has 0 atom stereocenters. The molecule has 0 aliphatic carbocycles. The van der Waals surface area contributed by atoms with Crippen LogP contribution in [0.15, 0.2) is 24.3 Å². The van der Waals surface area contributed by atoms with Crippen molar-refractivity contribution in [1.82, 2.24) is 9.97 Å². The van der Waals surface area contributed by atoms with Gasteiger partial charge >= 0.3 is 11.9 Å². The number of hydrogen-bond donors (Lipinski definition) is 2. The molecule has 26 heavy (non-hydrogen) atoms. The van der Waals surface area contributed by atoms with Crippen LogP contribution >= 0.6 is 11.3 Å². The van der Waals surface area contributed by atoms with Crippen LogP contribution in [-0.2, 0) is 4.74 Å². The third kappa shape index (κ3) is 3.36. The molecule has 0 bridgehead atoms. The quantitative estimate of drug-likeness (QED) is 0.655. The van der Waals surface area contributed by atoms with Gasteiger partial charge in [0.15, 0.2) is 0 Å². The molecule has 0 amide bonds. The van der Waals surface area contributed by atoms with Crippen LogP contribution in [0.3, 0.4) is 0 Å². The van der Waals surface area contributed by atoms with E-state index in [4.69, 9.17) is 9.84 Å². The first-order valence-electron chi connectivity index (χ1n) is 7.96. The average Bonchev–Trinajstić information content (AvgIpc) is 2.92. The summed E-state index contributed by atoms with van der Waals surface area (Å²) in [5.74, 6) is -0.316. The van der Waals surface area contributed by atoms with Gasteiger partial charge in [0.05, 0.1) is 17.6 Å². The van der Waals surface area contributed by atoms with Crippen LogP contribution in [0.1, 0.15) is 38.3 Å². The third-order valence-corrected chi connectivity index (χ3v) is 4.90. The lowest BCUT2D eigenvalue weighted by atomic mass is 10.1. The Hall–Kier alpha value is -3.00. The van der Waals surface area contributed by atoms with E-state index in [0.717, 1.165) is 10.9 Å². The maximum absolute atomic E-state index is 12.2. The number of nitrogens with zero attached hydrogens (tertiary/aromatic N) is 2. The van der Waals surface area contributed by atoms with Gasteiger partial charge in [0.25, 0.3) is 0 Å². The van der Waals surface area contributed by atoms with Crippen molar-refractivity contribution in [2.75, 3.05) is 11.9 Å². The molecule has 1 aromatic carbocycles. The molecule has 2 aromatic heterocycles. The predicted molar refractivity (Wildman–Crippen MR) is 99.5 cm³/mol. The molecule has 0 aliphatic rings. The molecule has 0 aliphatic heterocycles. The Labute approximate surface area is 153 Å². The summed E-state index contributed by atoms with van der Waals surface area (Å²) in [6, 6.07) is 6.45. The molecule has 134 valence electrons. The number of benzene rings is 1. The summed E-state index contributed by atoms with van der Waals surface area (Å²) in [7, 11) is 0. The molecule has 3 aromatic rings. The number of fused-ring (bicyclic) bond motifs is 1. The summed E-state index contributed by atoms with van der Waals surface area (Å²) in [5.41, 5.74) is 1.50. The van der Waals surface area contributed by atoms with E-state index in [0.29, 0.717) is 33.6 Å². The fraction of sp³-hybridized carbons (Fsp3) is 0.222. The number of aromatic carboxylic acids is 1. The number of rotatable bonds is 5. The molecule has 0 radical (unpaired) electrons. The van der Waals surface area contributed by atoms with Gasteiger partial charge in [-0.3, -0.25) is 0 Å². The summed E-state index contributed by atoms with van der Waals surface area (Å²) >= 11 is 1.26. The van der Waals surface area contributed by atoms with Crippen LogP contribution < -0.4 is 5.32 Å². The molecule has 0 unspecified atom stereocenters. The number of esters is 1. The average molecular weight is 371 g/mol. The van der Waals surface area contributed by atoms with Gasteiger partial charge in [0.1, 0.15) is 21.3 Å². The molecule has 3 rings (SSSR count). The van der Waals surface area contributed by atoms with E-state index in [-0.39, 0.29) is 11.5 Å². The Morgan fingerprint density at radius 3 is 2.73 bits per heavy atom. The molecule has 7 nitrogen and oxygen atoms in total. The van der Waals surface area contributed by atoms with Crippen LogP contribution in [0.2, 0.25) is 0 Å². The molecule has 2 heterocycles. The van der Waals surface area contributed by atoms with Crippen molar-refractivity contribution < 1.29 is 19.4 Å². The number of nitrogens with one attached hydrogen (secondary N) is 1. The number of ether oxygens (including phenoxy) is 1. The molecule has 0 saturated heterocycles. The first-order valence-corrected chi connectivity index (χ1v) is 8.77. The van der Waals surface area contributed by atoms with Gasteiger partial charge < -0.3 is 15.2 Å². The molecule has 2 N–H and O–H groups in total. The van der Waals surface area contributed by atoms with Crippen molar-refractivity contribution in [3.05, 3.63) is 46.1 Å². The molecule has 0 spiro atoms. The number of carbonyl (C=O) groups is 2. The number of aromatic nitrogens is 2. The molecule has 0 fully saturated rings. The summed E-state index contributed by atoms with van der Waals surface area (Å²) in [6.07, 6.45) is 0. The zero-order valence-electron chi connectivity index (χ0n) is 14.5. The lowest BCUT2D eigenvalue weighted by Gasteiger charge is -2.09. The Morgan fingerprint density at radius 1 is 1.27 bits per heavy atom. The minimum Gasteiger partial charge on any atom is -0.478 e. The molecular weight excluding hydrogens is 354 g/mol. The monoisotopic (exact) mass is 371 g/mol. The van der Waals surface area contributed by atoms with E-state index in [1.807, 2.05) is 6.92 Å². The summed E-state index contributed by atoms with van der Waals surface area (Å²) in [5, 5.41) is 13.0. The van der Waals surface area contributed by atoms with E-state index >= 15 is 0 Å². The molecule has 8 heteroatoms. The lowest BCUT2D eigenvalue weighted by Crippen LogP contribution is -2.04. The fourth-order valence-electron chi connectivity index (χ4n) is 2.59. The van der Waals surface area contributed by atoms with Crippen molar-refractivity contribution >= 4 is 45.0 Å². The van der Waals surface area contributed by atoms with Crippen LogP contribution in [0.5, 0.6) is 0 Å². The highest BCUT2D eigenvalue weighted by atomic mass is 32.1. The zero-order valence-corrected chi connectivity index (χ0v) is 15.3. The van der Waals surface area contributed by atoms with Crippen molar-refractivity contribution in [1.29, 1.82) is 0 Å². The summed E-state index contributed by atoms with van der Waals surface area (Å²) in [6.45, 7) is 5.64. The first kappa shape index (κ1) is 17.8. The van der Waals surface area contributed by atoms with Gasteiger partial charge in [-0.2, -0.15) is 0 Å². The third-order valence-electron chi connectivity index (χ3n) is 3.74. The highest BCUT2D eigenvalue weighted by molar-refractivity contribution is 7.20. The second kappa shape index (κ2) is 7.09. The Kier molecular flexibility index (Phi) is 4.85. The maximum atomic E-state index is 12.2. The summed E-state index contributed by atoms with van der Waals surface area (Å²) < 4.78 is 5.11. The highest BCUT2D eigenvalue weighted by Crippen LogP contribution is 2.35. The van der Waals surface area contributed by atoms with Crippen LogP contribution in [0.4, 0.5) is 11.5 Å². The van der Waals surface area contributed by atoms with Gasteiger partial charge in [-0.25, -0.2) is 19.6 Å². The minimum atomic E-state index is -1.01. The number of carbonyl (C=O) groups excluding carboxylic acids is 1. The number of hydrogen-bond acceptors (Lipinski definition) is 7. The van der Waals surface area contributed by atoms with Crippen molar-refractivity contribution in [3.8, 4) is 0 Å². The van der Waals surface area contributed by atoms with Crippen LogP contribution in [0, 0.1) is 13.8 Å². The Bertz CT molecular complexity index is 1010. The highest BCUT2D eigenvalue weighted by Gasteiger charge is 2.21. The van der Waals surface area contributed by atoms with E-state index in [9.17, 15) is 9.59 Å². The van der Waals surface area contributed by atoms with Crippen LogP contribution in [0.25, 0.3) is 10.2 Å². The van der Waals surface area contributed by atoms with Gasteiger partial charge in [-0.1, -0.05) is 6.07 Å². The second-order valence-electron chi connectivity index (χ2n) is 5.59. The fourth-order valence-corrected chi connectivity index (χ4v) is 3.71. The largest absolute Gasteiger partial charge is 0.478 e. The normalized spacial score (nSPS) is 10.7. The zero-order chi connectivity index (χ0) is 18.8. The van der Waals surface area contributed by atoms with Gasteiger partial charge in [0, 0.05) is 5.69 Å². The Balaban J connectivity index is 2.09. The SMILES string of the molecule is CCOC(=O)c1sc2nc(C)nc(Nc3cccc(C(=O)O)c3)c2c1C. The number of thiophene rings is 1. The van der Waals surface area contributed by atoms with Crippen molar-refractivity contribution in [3.63, 3.8) is 0 Å². The lowest BCUT2D eigenvalue weighted by molar-refractivity contribution is 0.0531. The van der Waals surface area contributed by atoms with Gasteiger partial charge in [0.2, 0.25) is 0 Å². The first-order chi connectivity index (χ1) is 12.4. The molecule has 0 saturated carbocycles. The van der Waals surface area contributed by atoms with Crippen molar-refractivity contribution in [2.24, 2.45) is 0 Å². The second-order valence-corrected chi connectivity index (χ2v) is 6.59. The minimum absolute atomic E-state index is 0.172. The summed E-state index contributed by atoms with van der Waals surface area (Å²) in [4.78, 5) is 33.3.